The van der Waals surface area contributed by atoms with E-state index in [2.05, 4.69) is 4.98 Å². The van der Waals surface area contributed by atoms with E-state index >= 15 is 0 Å². The molecule has 0 unspecified atom stereocenters. The standard InChI is InChI=1S/C20H18F2N4O3S/c1-24(2)9-10-25(20-23-19-16(22)11-14(21)12-17(19)30-20)18(27)8-5-13-3-6-15(7-4-13)26(28)29/h3-8,11-12H,9-10H2,1-2H3/b8-5-. The summed E-state index contributed by atoms with van der Waals surface area (Å²) in [6.07, 6.45) is 2.85. The fourth-order valence-electron chi connectivity index (χ4n) is 2.63. The zero-order valence-electron chi connectivity index (χ0n) is 16.2. The van der Waals surface area contributed by atoms with Crippen LogP contribution in [0.2, 0.25) is 0 Å². The van der Waals surface area contributed by atoms with Gasteiger partial charge in [0.2, 0.25) is 0 Å². The molecule has 7 nitrogen and oxygen atoms in total. The van der Waals surface area contributed by atoms with Crippen LogP contribution in [0, 0.1) is 21.7 Å². The maximum atomic E-state index is 14.0. The van der Waals surface area contributed by atoms with Gasteiger partial charge in [0.05, 0.1) is 9.62 Å². The zero-order valence-corrected chi connectivity index (χ0v) is 17.0. The molecule has 3 rings (SSSR count). The first-order valence-corrected chi connectivity index (χ1v) is 9.70. The third kappa shape index (κ3) is 5.02. The van der Waals surface area contributed by atoms with Gasteiger partial charge in [0.15, 0.2) is 10.9 Å². The molecular formula is C20H18F2N4O3S. The second-order valence-electron chi connectivity index (χ2n) is 6.71. The lowest BCUT2D eigenvalue weighted by atomic mass is 10.2. The third-order valence-electron chi connectivity index (χ3n) is 4.19. The number of hydrogen-bond donors (Lipinski definition) is 0. The Balaban J connectivity index is 1.88. The van der Waals surface area contributed by atoms with E-state index in [-0.39, 0.29) is 16.3 Å². The maximum Gasteiger partial charge on any atom is 0.269 e. The molecule has 0 atom stereocenters. The lowest BCUT2D eigenvalue weighted by Crippen LogP contribution is -2.35. The smallest absolute Gasteiger partial charge is 0.269 e. The number of rotatable bonds is 7. The number of aromatic nitrogens is 1. The first kappa shape index (κ1) is 21.5. The molecular weight excluding hydrogens is 414 g/mol. The molecule has 0 N–H and O–H groups in total. The summed E-state index contributed by atoms with van der Waals surface area (Å²) < 4.78 is 27.8. The molecule has 3 aromatic rings. The Morgan fingerprint density at radius 1 is 1.20 bits per heavy atom. The minimum atomic E-state index is -0.783. The van der Waals surface area contributed by atoms with Crippen LogP contribution >= 0.6 is 11.3 Å². The van der Waals surface area contributed by atoms with E-state index in [0.717, 1.165) is 17.4 Å². The summed E-state index contributed by atoms with van der Waals surface area (Å²) >= 11 is 1.03. The molecule has 1 amide bonds. The van der Waals surface area contributed by atoms with E-state index in [4.69, 9.17) is 0 Å². The third-order valence-corrected chi connectivity index (χ3v) is 5.22. The molecule has 2 aromatic carbocycles. The average Bonchev–Trinajstić information content (AvgIpc) is 3.10. The van der Waals surface area contributed by atoms with E-state index in [0.29, 0.717) is 23.4 Å². The maximum absolute atomic E-state index is 14.0. The summed E-state index contributed by atoms with van der Waals surface area (Å²) in [7, 11) is 3.70. The molecule has 1 aromatic heterocycles. The van der Waals surface area contributed by atoms with Gasteiger partial charge in [-0.3, -0.25) is 19.8 Å². The molecule has 0 saturated carbocycles. The highest BCUT2D eigenvalue weighted by molar-refractivity contribution is 7.22. The summed E-state index contributed by atoms with van der Waals surface area (Å²) in [6, 6.07) is 7.69. The second-order valence-corrected chi connectivity index (χ2v) is 7.72. The summed E-state index contributed by atoms with van der Waals surface area (Å²) in [5.74, 6) is -1.89. The van der Waals surface area contributed by atoms with Crippen LogP contribution in [0.3, 0.4) is 0 Å². The minimum Gasteiger partial charge on any atom is -0.308 e. The monoisotopic (exact) mass is 432 g/mol. The predicted octanol–water partition coefficient (Wildman–Crippen LogP) is 4.09. The molecule has 0 aliphatic carbocycles. The Bertz CT molecular complexity index is 1110. The molecule has 0 spiro atoms. The number of non-ortho nitro benzene ring substituents is 1. The number of carbonyl (C=O) groups is 1. The number of anilines is 1. The summed E-state index contributed by atoms with van der Waals surface area (Å²) in [5.41, 5.74) is 0.576. The molecule has 156 valence electrons. The van der Waals surface area contributed by atoms with E-state index in [1.165, 1.54) is 47.4 Å². The number of hydrogen-bond acceptors (Lipinski definition) is 6. The van der Waals surface area contributed by atoms with Gasteiger partial charge in [-0.05, 0) is 43.9 Å². The Hall–Kier alpha value is -3.24. The van der Waals surface area contributed by atoms with Crippen molar-refractivity contribution >= 4 is 44.4 Å². The van der Waals surface area contributed by atoms with Crippen molar-refractivity contribution in [3.63, 3.8) is 0 Å². The van der Waals surface area contributed by atoms with Crippen LogP contribution in [0.1, 0.15) is 5.56 Å². The van der Waals surface area contributed by atoms with Gasteiger partial charge in [0, 0.05) is 37.4 Å². The van der Waals surface area contributed by atoms with Crippen molar-refractivity contribution in [1.29, 1.82) is 0 Å². The topological polar surface area (TPSA) is 79.6 Å². The Labute approximate surface area is 175 Å². The van der Waals surface area contributed by atoms with Crippen LogP contribution in [0.5, 0.6) is 0 Å². The highest BCUT2D eigenvalue weighted by Gasteiger charge is 2.20. The molecule has 30 heavy (non-hydrogen) atoms. The Morgan fingerprint density at radius 2 is 1.90 bits per heavy atom. The SMILES string of the molecule is CN(C)CCN(C(=O)/C=C\c1ccc([N+](=O)[O-])cc1)c1nc2c(F)cc(F)cc2s1. The van der Waals surface area contributed by atoms with Gasteiger partial charge < -0.3 is 4.90 Å². The van der Waals surface area contributed by atoms with E-state index in [1.54, 1.807) is 0 Å². The van der Waals surface area contributed by atoms with Crippen LogP contribution in [0.4, 0.5) is 19.6 Å². The van der Waals surface area contributed by atoms with Gasteiger partial charge in [0.25, 0.3) is 11.6 Å². The highest BCUT2D eigenvalue weighted by atomic mass is 32.1. The van der Waals surface area contributed by atoms with Gasteiger partial charge >= 0.3 is 0 Å². The van der Waals surface area contributed by atoms with Crippen LogP contribution in [-0.2, 0) is 4.79 Å². The summed E-state index contributed by atoms with van der Waals surface area (Å²) in [5, 5.41) is 11.0. The fraction of sp³-hybridized carbons (Fsp3) is 0.200. The van der Waals surface area contributed by atoms with E-state index < -0.39 is 22.5 Å². The number of halogens is 2. The number of likely N-dealkylation sites (N-methyl/N-ethyl adjacent to an activating group) is 1. The summed E-state index contributed by atoms with van der Waals surface area (Å²) in [6.45, 7) is 0.824. The molecule has 0 radical (unpaired) electrons. The first-order chi connectivity index (χ1) is 14.2. The van der Waals surface area contributed by atoms with Gasteiger partial charge in [-0.1, -0.05) is 11.3 Å². The number of nitrogens with zero attached hydrogens (tertiary/aromatic N) is 4. The second kappa shape index (κ2) is 9.06. The van der Waals surface area contributed by atoms with Gasteiger partial charge in [0.1, 0.15) is 11.3 Å². The van der Waals surface area contributed by atoms with Crippen molar-refractivity contribution in [2.24, 2.45) is 0 Å². The van der Waals surface area contributed by atoms with Gasteiger partial charge in [-0.25, -0.2) is 13.8 Å². The number of fused-ring (bicyclic) bond motifs is 1. The van der Waals surface area contributed by atoms with Gasteiger partial charge in [-0.2, -0.15) is 0 Å². The van der Waals surface area contributed by atoms with Crippen molar-refractivity contribution in [2.75, 3.05) is 32.1 Å². The largest absolute Gasteiger partial charge is 0.308 e. The number of nitro groups is 1. The van der Waals surface area contributed by atoms with Crippen LogP contribution in [0.15, 0.2) is 42.5 Å². The van der Waals surface area contributed by atoms with E-state index in [1.807, 2.05) is 19.0 Å². The first-order valence-electron chi connectivity index (χ1n) is 8.89. The molecule has 1 heterocycles. The normalized spacial score (nSPS) is 11.5. The van der Waals surface area contributed by atoms with Crippen molar-refractivity contribution < 1.29 is 18.5 Å². The highest BCUT2D eigenvalue weighted by Crippen LogP contribution is 2.31. The number of amides is 1. The fourth-order valence-corrected chi connectivity index (χ4v) is 3.66. The number of thiazole rings is 1. The van der Waals surface area contributed by atoms with Crippen molar-refractivity contribution in [1.82, 2.24) is 9.88 Å². The van der Waals surface area contributed by atoms with Crippen molar-refractivity contribution in [3.8, 4) is 0 Å². The molecule has 0 aliphatic rings. The molecule has 0 aliphatic heterocycles. The zero-order chi connectivity index (χ0) is 21.8. The van der Waals surface area contributed by atoms with Crippen LogP contribution in [-0.4, -0.2) is 47.9 Å². The molecule has 0 fully saturated rings. The molecule has 10 heteroatoms. The molecule has 0 bridgehead atoms. The predicted molar refractivity (Wildman–Crippen MR) is 113 cm³/mol. The number of nitro benzene ring substituents is 1. The average molecular weight is 432 g/mol. The van der Waals surface area contributed by atoms with Crippen LogP contribution in [0.25, 0.3) is 16.3 Å². The Kier molecular flexibility index (Phi) is 6.48. The van der Waals surface area contributed by atoms with Gasteiger partial charge in [-0.15, -0.1) is 0 Å². The number of carbonyl (C=O) groups excluding carboxylic acids is 1. The Morgan fingerprint density at radius 3 is 2.53 bits per heavy atom. The quantitative estimate of drug-likeness (QED) is 0.319. The van der Waals surface area contributed by atoms with Crippen molar-refractivity contribution in [2.45, 2.75) is 0 Å². The van der Waals surface area contributed by atoms with E-state index in [9.17, 15) is 23.7 Å². The molecule has 0 saturated heterocycles. The lowest BCUT2D eigenvalue weighted by Gasteiger charge is -2.20. The van der Waals surface area contributed by atoms with Crippen molar-refractivity contribution in [3.05, 3.63) is 69.8 Å². The lowest BCUT2D eigenvalue weighted by molar-refractivity contribution is -0.384. The van der Waals surface area contributed by atoms with Crippen LogP contribution < -0.4 is 4.90 Å². The number of benzene rings is 2. The minimum absolute atomic E-state index is 0.0124. The summed E-state index contributed by atoms with van der Waals surface area (Å²) in [4.78, 5) is 30.5.